The van der Waals surface area contributed by atoms with E-state index in [0.717, 1.165) is 12.8 Å². The van der Waals surface area contributed by atoms with Crippen LogP contribution >= 0.6 is 0 Å². The molecule has 11 heteroatoms. The summed E-state index contributed by atoms with van der Waals surface area (Å²) < 4.78 is 41.8. The Morgan fingerprint density at radius 1 is 1.05 bits per heavy atom. The first kappa shape index (κ1) is 19.2. The molecule has 0 spiro atoms. The molecule has 2 unspecified atom stereocenters. The lowest BCUT2D eigenvalue weighted by Crippen LogP contribution is -2.46. The van der Waals surface area contributed by atoms with Crippen LogP contribution in [0, 0.1) is 0 Å². The Hall–Kier alpha value is -4.93. The average molecular weight is 539 g/mol. The number of Topliss-reactive ketones (excluding diaryl/α,β-unsaturated/α-hetero) is 1. The Bertz CT molecular complexity index is 1970. The van der Waals surface area contributed by atoms with E-state index in [4.69, 9.17) is 17.6 Å². The van der Waals surface area contributed by atoms with Crippen molar-refractivity contribution in [2.45, 2.75) is 50.6 Å². The number of anilines is 1. The van der Waals surface area contributed by atoms with Crippen molar-refractivity contribution in [3.63, 3.8) is 0 Å². The topological polar surface area (TPSA) is 148 Å². The van der Waals surface area contributed by atoms with E-state index in [1.807, 2.05) is 4.90 Å². The van der Waals surface area contributed by atoms with Crippen molar-refractivity contribution in [2.75, 3.05) is 5.73 Å². The predicted molar refractivity (Wildman–Crippen MR) is 147 cm³/mol. The van der Waals surface area contributed by atoms with Crippen molar-refractivity contribution in [3.8, 4) is 22.4 Å². The maximum absolute atomic E-state index is 13.2. The fraction of sp³-hybridized carbons (Fsp3) is 0.276. The first-order valence-corrected chi connectivity index (χ1v) is 13.0. The molecule has 6 heterocycles. The quantitative estimate of drug-likeness (QED) is 0.320. The summed E-state index contributed by atoms with van der Waals surface area (Å²) >= 11 is 0. The largest absolute Gasteiger partial charge is 0.383 e. The second-order valence-corrected chi connectivity index (χ2v) is 10.1. The van der Waals surface area contributed by atoms with Crippen LogP contribution in [-0.4, -0.2) is 63.4 Å². The third kappa shape index (κ3) is 3.84. The van der Waals surface area contributed by atoms with Crippen LogP contribution in [0.2, 0.25) is 0 Å². The molecule has 3 N–H and O–H groups in total. The first-order valence-electron chi connectivity index (χ1n) is 15.5. The monoisotopic (exact) mass is 538 g/mol. The molecule has 2 saturated heterocycles. The highest BCUT2D eigenvalue weighted by atomic mass is 16.2. The molecule has 1 aromatic carbocycles. The summed E-state index contributed by atoms with van der Waals surface area (Å²) in [5, 5.41) is 10.9. The number of pyridine rings is 1. The van der Waals surface area contributed by atoms with Gasteiger partial charge in [-0.15, -0.1) is 0 Å². The summed E-state index contributed by atoms with van der Waals surface area (Å²) in [5.74, 6) is -0.171. The third-order valence-electron chi connectivity index (χ3n) is 7.87. The molecule has 11 nitrogen and oxygen atoms in total. The molecule has 2 atom stereocenters. The number of hydrogen-bond acceptors (Lipinski definition) is 8. The number of rotatable bonds is 5. The molecule has 2 aliphatic heterocycles. The van der Waals surface area contributed by atoms with Crippen LogP contribution in [0.1, 0.15) is 72.0 Å². The second kappa shape index (κ2) is 9.37. The number of nitrogens with zero attached hydrogens (tertiary/aromatic N) is 7. The summed E-state index contributed by atoms with van der Waals surface area (Å²) in [4.78, 5) is 41.4. The third-order valence-corrected chi connectivity index (χ3v) is 7.87. The number of hydrogen-bond donors (Lipinski definition) is 2. The number of aromatic nitrogens is 7. The van der Waals surface area contributed by atoms with Crippen LogP contribution in [0.5, 0.6) is 0 Å². The normalized spacial score (nSPS) is 22.0. The Kier molecular flexibility index (Phi) is 4.49. The molecule has 40 heavy (non-hydrogen) atoms. The average Bonchev–Trinajstić information content (AvgIpc) is 3.77. The van der Waals surface area contributed by atoms with Gasteiger partial charge < -0.3 is 10.6 Å². The van der Waals surface area contributed by atoms with Gasteiger partial charge in [0.2, 0.25) is 5.82 Å². The summed E-state index contributed by atoms with van der Waals surface area (Å²) in [6.45, 7) is 1.45. The number of nitrogen functional groups attached to an aromatic ring is 1. The van der Waals surface area contributed by atoms with Gasteiger partial charge in [0, 0.05) is 40.9 Å². The van der Waals surface area contributed by atoms with Crippen LogP contribution in [0.4, 0.5) is 5.82 Å². The number of piperidine rings is 1. The molecule has 7 rings (SSSR count). The van der Waals surface area contributed by atoms with Crippen LogP contribution in [0.15, 0.2) is 61.1 Å². The zero-order valence-electron chi connectivity index (χ0n) is 26.5. The van der Waals surface area contributed by atoms with Gasteiger partial charge in [-0.05, 0) is 38.7 Å². The number of fused-ring (bicyclic) bond motifs is 3. The number of H-pyrrole nitrogens is 1. The SMILES string of the molecule is [2H]c1c([2H])c([2H])c(-c2ccc(-c3cnn4c(N)c(C(C)=O)c(C5CC6CCC(C5)N6C(=O)c5ncn[nH]5)nc34)cn2)c([2H])c1[2H]. The number of nitrogens with two attached hydrogens (primary N) is 1. The van der Waals surface area contributed by atoms with Gasteiger partial charge in [0.1, 0.15) is 12.1 Å². The molecule has 2 fully saturated rings. The number of ketones is 1. The Balaban J connectivity index is 1.26. The molecule has 200 valence electrons. The Labute approximate surface area is 236 Å². The zero-order chi connectivity index (χ0) is 31.7. The predicted octanol–water partition coefficient (Wildman–Crippen LogP) is 3.91. The van der Waals surface area contributed by atoms with Crippen LogP contribution in [-0.2, 0) is 0 Å². The molecular formula is C29H27N9O2. The number of aromatic amines is 1. The maximum atomic E-state index is 13.2. The van der Waals surface area contributed by atoms with E-state index in [1.165, 1.54) is 24.0 Å². The van der Waals surface area contributed by atoms with Gasteiger partial charge in [-0.2, -0.15) is 14.7 Å². The van der Waals surface area contributed by atoms with Crippen molar-refractivity contribution in [1.29, 1.82) is 0 Å². The standard InChI is InChI=1S/C29H27N9O2/c1-16(39)24-25(19-11-20-8-9-21(12-19)37(20)29(40)27-32-15-33-36-27)35-28-22(14-34-38(28)26(24)30)18-7-10-23(31-13-18)17-5-3-2-4-6-17/h2-7,10,13-15,19-21H,8-9,11-12,30H2,1H3,(H,32,33,36)/i2D,3D,4D,5D,6D. The molecule has 0 radical (unpaired) electrons. The minimum Gasteiger partial charge on any atom is -0.383 e. The minimum atomic E-state index is -0.471. The second-order valence-electron chi connectivity index (χ2n) is 10.1. The van der Waals surface area contributed by atoms with Crippen LogP contribution in [0.3, 0.4) is 0 Å². The fourth-order valence-electron chi connectivity index (χ4n) is 6.13. The Morgan fingerprint density at radius 3 is 2.48 bits per heavy atom. The lowest BCUT2D eigenvalue weighted by molar-refractivity contribution is 0.0556. The molecule has 2 aliphatic rings. The molecule has 5 aromatic rings. The first-order chi connectivity index (χ1) is 21.6. The van der Waals surface area contributed by atoms with Crippen molar-refractivity contribution >= 4 is 23.2 Å². The minimum absolute atomic E-state index is 0.00549. The van der Waals surface area contributed by atoms with Gasteiger partial charge >= 0.3 is 0 Å². The lowest BCUT2D eigenvalue weighted by Gasteiger charge is -2.38. The van der Waals surface area contributed by atoms with Crippen molar-refractivity contribution in [3.05, 3.63) is 78.1 Å². The van der Waals surface area contributed by atoms with E-state index in [2.05, 4.69) is 25.3 Å². The van der Waals surface area contributed by atoms with Crippen molar-refractivity contribution < 1.29 is 16.4 Å². The maximum Gasteiger partial charge on any atom is 0.291 e. The summed E-state index contributed by atoms with van der Waals surface area (Å²) in [7, 11) is 0. The van der Waals surface area contributed by atoms with Gasteiger partial charge in [-0.3, -0.25) is 19.7 Å². The molecule has 2 bridgehead atoms. The Morgan fingerprint density at radius 2 is 1.82 bits per heavy atom. The number of amides is 1. The van der Waals surface area contributed by atoms with Crippen LogP contribution < -0.4 is 5.73 Å². The van der Waals surface area contributed by atoms with Gasteiger partial charge in [0.25, 0.3) is 5.91 Å². The highest BCUT2D eigenvalue weighted by Crippen LogP contribution is 2.45. The molecule has 0 saturated carbocycles. The summed E-state index contributed by atoms with van der Waals surface area (Å²) in [6, 6.07) is 1.18. The molecular weight excluding hydrogens is 506 g/mol. The van der Waals surface area contributed by atoms with E-state index in [9.17, 15) is 9.59 Å². The summed E-state index contributed by atoms with van der Waals surface area (Å²) in [6.07, 6.45) is 7.29. The van der Waals surface area contributed by atoms with Gasteiger partial charge in [0.15, 0.2) is 11.4 Å². The number of carbonyl (C=O) groups is 2. The van der Waals surface area contributed by atoms with Gasteiger partial charge in [-0.1, -0.05) is 36.3 Å². The lowest BCUT2D eigenvalue weighted by atomic mass is 9.85. The molecule has 0 aliphatic carbocycles. The van der Waals surface area contributed by atoms with E-state index in [0.29, 0.717) is 40.9 Å². The van der Waals surface area contributed by atoms with Crippen molar-refractivity contribution in [1.82, 2.24) is 39.7 Å². The van der Waals surface area contributed by atoms with E-state index in [1.54, 1.807) is 18.3 Å². The van der Waals surface area contributed by atoms with Gasteiger partial charge in [0.05, 0.1) is 30.0 Å². The van der Waals surface area contributed by atoms with Gasteiger partial charge in [-0.25, -0.2) is 9.97 Å². The summed E-state index contributed by atoms with van der Waals surface area (Å²) in [5.41, 5.74) is 9.31. The number of benzene rings is 1. The number of nitrogens with one attached hydrogen (secondary N) is 1. The fourth-order valence-corrected chi connectivity index (χ4v) is 6.13. The van der Waals surface area contributed by atoms with E-state index < -0.39 is 18.1 Å². The smallest absolute Gasteiger partial charge is 0.291 e. The number of carbonyl (C=O) groups excluding carboxylic acids is 2. The highest BCUT2D eigenvalue weighted by molar-refractivity contribution is 6.00. The van der Waals surface area contributed by atoms with E-state index >= 15 is 0 Å². The van der Waals surface area contributed by atoms with Crippen LogP contribution in [0.25, 0.3) is 28.0 Å². The van der Waals surface area contributed by atoms with E-state index in [-0.39, 0.29) is 64.7 Å². The molecule has 1 amide bonds. The highest BCUT2D eigenvalue weighted by Gasteiger charge is 2.45. The van der Waals surface area contributed by atoms with Crippen molar-refractivity contribution in [2.24, 2.45) is 0 Å². The molecule has 4 aromatic heterocycles. The zero-order valence-corrected chi connectivity index (χ0v) is 21.5.